The van der Waals surface area contributed by atoms with Crippen LogP contribution in [-0.2, 0) is 0 Å². The minimum atomic E-state index is -0.146. The van der Waals surface area contributed by atoms with Gasteiger partial charge in [0.1, 0.15) is 5.75 Å². The van der Waals surface area contributed by atoms with Crippen molar-refractivity contribution in [1.82, 2.24) is 0 Å². The second-order valence-electron chi connectivity index (χ2n) is 3.58. The molecule has 1 aromatic rings. The van der Waals surface area contributed by atoms with Crippen molar-refractivity contribution in [2.75, 3.05) is 0 Å². The topological polar surface area (TPSA) is 46.2 Å². The van der Waals surface area contributed by atoms with Crippen molar-refractivity contribution >= 4 is 11.6 Å². The van der Waals surface area contributed by atoms with Gasteiger partial charge in [0.15, 0.2) is 0 Å². The minimum absolute atomic E-state index is 0.146. The van der Waals surface area contributed by atoms with Gasteiger partial charge in [-0.1, -0.05) is 18.5 Å². The molecule has 0 radical (unpaired) electrons. The standard InChI is InChI=1S/C11H16ClNO/c1-4-9(13)10-7(3)8(12)5-6(2)11(10)14/h5,9,14H,4,13H2,1-3H3. The summed E-state index contributed by atoms with van der Waals surface area (Å²) in [5, 5.41) is 10.5. The highest BCUT2D eigenvalue weighted by Gasteiger charge is 2.16. The van der Waals surface area contributed by atoms with Crippen molar-refractivity contribution in [3.63, 3.8) is 0 Å². The van der Waals surface area contributed by atoms with Crippen LogP contribution in [0.1, 0.15) is 36.1 Å². The molecule has 0 fully saturated rings. The highest BCUT2D eigenvalue weighted by atomic mass is 35.5. The number of phenols is 1. The summed E-state index contributed by atoms with van der Waals surface area (Å²) in [5.74, 6) is 0.279. The predicted octanol–water partition coefficient (Wildman–Crippen LogP) is 3.07. The van der Waals surface area contributed by atoms with E-state index >= 15 is 0 Å². The predicted molar refractivity (Wildman–Crippen MR) is 59.8 cm³/mol. The smallest absolute Gasteiger partial charge is 0.123 e. The van der Waals surface area contributed by atoms with Crippen molar-refractivity contribution in [2.45, 2.75) is 33.2 Å². The lowest BCUT2D eigenvalue weighted by Gasteiger charge is -2.17. The van der Waals surface area contributed by atoms with E-state index < -0.39 is 0 Å². The van der Waals surface area contributed by atoms with Crippen molar-refractivity contribution < 1.29 is 5.11 Å². The highest BCUT2D eigenvalue weighted by Crippen LogP contribution is 2.35. The van der Waals surface area contributed by atoms with Crippen LogP contribution in [0.25, 0.3) is 0 Å². The molecule has 0 aliphatic carbocycles. The molecule has 0 saturated heterocycles. The van der Waals surface area contributed by atoms with Crippen LogP contribution in [0, 0.1) is 13.8 Å². The van der Waals surface area contributed by atoms with Gasteiger partial charge in [-0.05, 0) is 37.5 Å². The van der Waals surface area contributed by atoms with E-state index in [0.717, 1.165) is 23.1 Å². The second kappa shape index (κ2) is 4.20. The zero-order valence-corrected chi connectivity index (χ0v) is 9.52. The van der Waals surface area contributed by atoms with E-state index in [-0.39, 0.29) is 11.8 Å². The summed E-state index contributed by atoms with van der Waals surface area (Å²) < 4.78 is 0. The van der Waals surface area contributed by atoms with Gasteiger partial charge in [-0.25, -0.2) is 0 Å². The quantitative estimate of drug-likeness (QED) is 0.793. The Kier molecular flexibility index (Phi) is 3.40. The molecular formula is C11H16ClNO. The van der Waals surface area contributed by atoms with Gasteiger partial charge in [0.2, 0.25) is 0 Å². The van der Waals surface area contributed by atoms with Crippen LogP contribution < -0.4 is 5.73 Å². The van der Waals surface area contributed by atoms with Crippen LogP contribution in [-0.4, -0.2) is 5.11 Å². The van der Waals surface area contributed by atoms with Gasteiger partial charge in [-0.2, -0.15) is 0 Å². The molecule has 1 unspecified atom stereocenters. The van der Waals surface area contributed by atoms with Gasteiger partial charge in [-0.15, -0.1) is 0 Å². The van der Waals surface area contributed by atoms with Gasteiger partial charge >= 0.3 is 0 Å². The number of hydrogen-bond acceptors (Lipinski definition) is 2. The first-order chi connectivity index (χ1) is 6.49. The van der Waals surface area contributed by atoms with E-state index in [2.05, 4.69) is 0 Å². The second-order valence-corrected chi connectivity index (χ2v) is 3.98. The molecule has 14 heavy (non-hydrogen) atoms. The average molecular weight is 214 g/mol. The molecule has 0 aliphatic heterocycles. The largest absolute Gasteiger partial charge is 0.507 e. The number of rotatable bonds is 2. The van der Waals surface area contributed by atoms with Crippen LogP contribution in [0.15, 0.2) is 6.07 Å². The molecule has 2 nitrogen and oxygen atoms in total. The maximum absolute atomic E-state index is 9.87. The van der Waals surface area contributed by atoms with E-state index in [1.54, 1.807) is 6.07 Å². The zero-order valence-electron chi connectivity index (χ0n) is 8.76. The third-order valence-corrected chi connectivity index (χ3v) is 2.94. The summed E-state index contributed by atoms with van der Waals surface area (Å²) in [4.78, 5) is 0. The Labute approximate surface area is 89.7 Å². The number of nitrogens with two attached hydrogens (primary N) is 1. The molecular weight excluding hydrogens is 198 g/mol. The highest BCUT2D eigenvalue weighted by molar-refractivity contribution is 6.31. The third kappa shape index (κ3) is 1.86. The Balaban J connectivity index is 3.39. The Bertz CT molecular complexity index is 323. The van der Waals surface area contributed by atoms with Gasteiger partial charge in [0.05, 0.1) is 0 Å². The lowest BCUT2D eigenvalue weighted by molar-refractivity contribution is 0.455. The summed E-state index contributed by atoms with van der Waals surface area (Å²) in [5.41, 5.74) is 8.35. The Morgan fingerprint density at radius 2 is 2.07 bits per heavy atom. The Morgan fingerprint density at radius 3 is 2.57 bits per heavy atom. The van der Waals surface area contributed by atoms with Crippen LogP contribution >= 0.6 is 11.6 Å². The van der Waals surface area contributed by atoms with Crippen LogP contribution in [0.4, 0.5) is 0 Å². The van der Waals surface area contributed by atoms with E-state index in [4.69, 9.17) is 17.3 Å². The zero-order chi connectivity index (χ0) is 10.9. The van der Waals surface area contributed by atoms with Crippen LogP contribution in [0.5, 0.6) is 5.75 Å². The van der Waals surface area contributed by atoms with E-state index in [1.807, 2.05) is 20.8 Å². The molecule has 0 saturated carbocycles. The SMILES string of the molecule is CCC(N)c1c(C)c(Cl)cc(C)c1O. The molecule has 78 valence electrons. The summed E-state index contributed by atoms with van der Waals surface area (Å²) in [7, 11) is 0. The fraction of sp³-hybridized carbons (Fsp3) is 0.455. The maximum atomic E-state index is 9.87. The van der Waals surface area contributed by atoms with Crippen LogP contribution in [0.3, 0.4) is 0 Å². The minimum Gasteiger partial charge on any atom is -0.507 e. The number of aromatic hydroxyl groups is 1. The molecule has 1 rings (SSSR count). The molecule has 3 N–H and O–H groups in total. The van der Waals surface area contributed by atoms with Gasteiger partial charge in [0.25, 0.3) is 0 Å². The summed E-state index contributed by atoms with van der Waals surface area (Å²) in [6.07, 6.45) is 0.786. The molecule has 3 heteroatoms. The van der Waals surface area contributed by atoms with Crippen molar-refractivity contribution in [3.8, 4) is 5.75 Å². The van der Waals surface area contributed by atoms with Gasteiger partial charge in [0, 0.05) is 16.6 Å². The monoisotopic (exact) mass is 213 g/mol. The third-order valence-electron chi connectivity index (χ3n) is 2.54. The van der Waals surface area contributed by atoms with E-state index in [9.17, 15) is 5.11 Å². The molecule has 0 heterocycles. The van der Waals surface area contributed by atoms with E-state index in [1.165, 1.54) is 0 Å². The number of halogens is 1. The Morgan fingerprint density at radius 1 is 1.50 bits per heavy atom. The fourth-order valence-electron chi connectivity index (χ4n) is 1.54. The number of phenolic OH excluding ortho intramolecular Hbond substituents is 1. The van der Waals surface area contributed by atoms with Gasteiger partial charge < -0.3 is 10.8 Å². The first-order valence-electron chi connectivity index (χ1n) is 4.73. The molecule has 0 aromatic heterocycles. The summed E-state index contributed by atoms with van der Waals surface area (Å²) in [6.45, 7) is 5.69. The first kappa shape index (κ1) is 11.3. The number of hydrogen-bond donors (Lipinski definition) is 2. The Hall–Kier alpha value is -0.730. The normalized spacial score (nSPS) is 12.9. The summed E-state index contributed by atoms with van der Waals surface area (Å²) in [6, 6.07) is 1.62. The first-order valence-corrected chi connectivity index (χ1v) is 5.11. The summed E-state index contributed by atoms with van der Waals surface area (Å²) >= 11 is 6.03. The van der Waals surface area contributed by atoms with Crippen molar-refractivity contribution in [3.05, 3.63) is 27.8 Å². The number of benzene rings is 1. The lowest BCUT2D eigenvalue weighted by Crippen LogP contribution is -2.11. The van der Waals surface area contributed by atoms with Crippen molar-refractivity contribution in [1.29, 1.82) is 0 Å². The maximum Gasteiger partial charge on any atom is 0.123 e. The molecule has 1 aromatic carbocycles. The van der Waals surface area contributed by atoms with Gasteiger partial charge in [-0.3, -0.25) is 0 Å². The average Bonchev–Trinajstić information content (AvgIpc) is 2.15. The molecule has 0 bridgehead atoms. The molecule has 0 spiro atoms. The molecule has 0 aliphatic rings. The van der Waals surface area contributed by atoms with Crippen molar-refractivity contribution in [2.24, 2.45) is 5.73 Å². The van der Waals surface area contributed by atoms with Crippen LogP contribution in [0.2, 0.25) is 5.02 Å². The van der Waals surface area contributed by atoms with E-state index in [0.29, 0.717) is 5.02 Å². The lowest BCUT2D eigenvalue weighted by atomic mass is 9.96. The number of aryl methyl sites for hydroxylation is 1. The molecule has 0 amide bonds. The fourth-order valence-corrected chi connectivity index (χ4v) is 1.81. The molecule has 1 atom stereocenters.